The van der Waals surface area contributed by atoms with Crippen molar-refractivity contribution in [1.29, 1.82) is 0 Å². The lowest BCUT2D eigenvalue weighted by Gasteiger charge is -2.12. The number of amides is 1. The van der Waals surface area contributed by atoms with E-state index >= 15 is 0 Å². The molecule has 1 aromatic rings. The standard InChI is InChI=1S/C18H30N4O3/c1-15(23)22-17-7-5-16(6-8-17)9-11-21-18(19-2)20-10-4-12-25-14-13-24-3/h5-8H,4,9-14H2,1-3H3,(H,22,23)(H2,19,20,21). The number of anilines is 1. The Labute approximate surface area is 150 Å². The van der Waals surface area contributed by atoms with Crippen molar-refractivity contribution in [2.45, 2.75) is 19.8 Å². The van der Waals surface area contributed by atoms with Gasteiger partial charge in [-0.15, -0.1) is 0 Å². The highest BCUT2D eigenvalue weighted by atomic mass is 16.5. The number of carbonyl (C=O) groups is 1. The van der Waals surface area contributed by atoms with Gasteiger partial charge in [0.1, 0.15) is 0 Å². The first-order valence-electron chi connectivity index (χ1n) is 8.53. The van der Waals surface area contributed by atoms with Gasteiger partial charge in [0.05, 0.1) is 13.2 Å². The molecular weight excluding hydrogens is 320 g/mol. The number of rotatable bonds is 11. The van der Waals surface area contributed by atoms with Crippen LogP contribution in [0.5, 0.6) is 0 Å². The van der Waals surface area contributed by atoms with E-state index in [1.807, 2.05) is 24.3 Å². The van der Waals surface area contributed by atoms with Crippen LogP contribution < -0.4 is 16.0 Å². The number of ether oxygens (including phenoxy) is 2. The minimum Gasteiger partial charge on any atom is -0.382 e. The summed E-state index contributed by atoms with van der Waals surface area (Å²) in [5, 5.41) is 9.30. The molecule has 0 bridgehead atoms. The third-order valence-corrected chi connectivity index (χ3v) is 3.39. The lowest BCUT2D eigenvalue weighted by atomic mass is 10.1. The van der Waals surface area contributed by atoms with Crippen molar-refractivity contribution in [2.24, 2.45) is 4.99 Å². The molecule has 0 unspecified atom stereocenters. The Balaban J connectivity index is 2.17. The molecule has 0 heterocycles. The number of aliphatic imine (C=N–C) groups is 1. The van der Waals surface area contributed by atoms with Crippen LogP contribution in [-0.2, 0) is 20.7 Å². The van der Waals surface area contributed by atoms with Gasteiger partial charge in [-0.05, 0) is 30.5 Å². The Morgan fingerprint density at radius 1 is 1.08 bits per heavy atom. The molecule has 0 aliphatic heterocycles. The lowest BCUT2D eigenvalue weighted by Crippen LogP contribution is -2.39. The molecule has 1 rings (SSSR count). The number of benzene rings is 1. The van der Waals surface area contributed by atoms with E-state index in [1.54, 1.807) is 14.2 Å². The lowest BCUT2D eigenvalue weighted by molar-refractivity contribution is -0.114. The number of nitrogens with zero attached hydrogens (tertiary/aromatic N) is 1. The van der Waals surface area contributed by atoms with Gasteiger partial charge in [-0.25, -0.2) is 0 Å². The summed E-state index contributed by atoms with van der Waals surface area (Å²) in [6, 6.07) is 7.85. The highest BCUT2D eigenvalue weighted by molar-refractivity contribution is 5.88. The zero-order chi connectivity index (χ0) is 18.3. The number of hydrogen-bond donors (Lipinski definition) is 3. The maximum absolute atomic E-state index is 11.0. The maximum atomic E-state index is 11.0. The van der Waals surface area contributed by atoms with Gasteiger partial charge in [-0.1, -0.05) is 12.1 Å². The zero-order valence-corrected chi connectivity index (χ0v) is 15.4. The van der Waals surface area contributed by atoms with E-state index in [0.29, 0.717) is 19.8 Å². The predicted molar refractivity (Wildman–Crippen MR) is 101 cm³/mol. The normalized spacial score (nSPS) is 11.2. The number of nitrogens with one attached hydrogen (secondary N) is 3. The van der Waals surface area contributed by atoms with Crippen LogP contribution >= 0.6 is 0 Å². The van der Waals surface area contributed by atoms with E-state index in [0.717, 1.165) is 37.6 Å². The minimum absolute atomic E-state index is 0.0617. The minimum atomic E-state index is -0.0617. The van der Waals surface area contributed by atoms with Crippen LogP contribution in [0.1, 0.15) is 18.9 Å². The van der Waals surface area contributed by atoms with Crippen LogP contribution in [0.4, 0.5) is 5.69 Å². The Bertz CT molecular complexity index is 518. The number of methoxy groups -OCH3 is 1. The second-order valence-electron chi connectivity index (χ2n) is 5.51. The fourth-order valence-electron chi connectivity index (χ4n) is 2.13. The molecule has 3 N–H and O–H groups in total. The fraction of sp³-hybridized carbons (Fsp3) is 0.556. The third-order valence-electron chi connectivity index (χ3n) is 3.39. The Kier molecular flexibility index (Phi) is 11.0. The van der Waals surface area contributed by atoms with E-state index in [4.69, 9.17) is 9.47 Å². The van der Waals surface area contributed by atoms with Gasteiger partial charge in [0.15, 0.2) is 5.96 Å². The summed E-state index contributed by atoms with van der Waals surface area (Å²) in [5.74, 6) is 0.722. The molecule has 0 radical (unpaired) electrons. The van der Waals surface area contributed by atoms with Crippen molar-refractivity contribution in [2.75, 3.05) is 52.4 Å². The van der Waals surface area contributed by atoms with Gasteiger partial charge in [0.25, 0.3) is 0 Å². The molecule has 1 amide bonds. The first-order chi connectivity index (χ1) is 12.2. The predicted octanol–water partition coefficient (Wildman–Crippen LogP) is 1.41. The second-order valence-corrected chi connectivity index (χ2v) is 5.51. The van der Waals surface area contributed by atoms with Crippen LogP contribution in [0, 0.1) is 0 Å². The van der Waals surface area contributed by atoms with Gasteiger partial charge < -0.3 is 25.4 Å². The van der Waals surface area contributed by atoms with Crippen molar-refractivity contribution >= 4 is 17.6 Å². The molecule has 0 saturated carbocycles. The summed E-state index contributed by atoms with van der Waals surface area (Å²) in [4.78, 5) is 15.2. The van der Waals surface area contributed by atoms with Crippen molar-refractivity contribution in [1.82, 2.24) is 10.6 Å². The van der Waals surface area contributed by atoms with Gasteiger partial charge >= 0.3 is 0 Å². The first kappa shape index (κ1) is 20.9. The summed E-state index contributed by atoms with van der Waals surface area (Å²) in [6.45, 7) is 5.05. The summed E-state index contributed by atoms with van der Waals surface area (Å²) < 4.78 is 10.3. The van der Waals surface area contributed by atoms with Gasteiger partial charge in [-0.2, -0.15) is 0 Å². The summed E-state index contributed by atoms with van der Waals surface area (Å²) >= 11 is 0. The molecule has 0 aliphatic carbocycles. The Hall–Kier alpha value is -2.12. The van der Waals surface area contributed by atoms with Crippen LogP contribution in [0.15, 0.2) is 29.3 Å². The van der Waals surface area contributed by atoms with Gasteiger partial charge in [0, 0.05) is 46.5 Å². The maximum Gasteiger partial charge on any atom is 0.221 e. The van der Waals surface area contributed by atoms with Crippen LogP contribution in [0.25, 0.3) is 0 Å². The van der Waals surface area contributed by atoms with E-state index < -0.39 is 0 Å². The monoisotopic (exact) mass is 350 g/mol. The fourth-order valence-corrected chi connectivity index (χ4v) is 2.13. The average Bonchev–Trinajstić information content (AvgIpc) is 2.60. The van der Waals surface area contributed by atoms with E-state index in [2.05, 4.69) is 20.9 Å². The smallest absolute Gasteiger partial charge is 0.221 e. The second kappa shape index (κ2) is 13.2. The molecule has 7 heteroatoms. The molecular formula is C18H30N4O3. The molecule has 0 aliphatic rings. The number of guanidine groups is 1. The Morgan fingerprint density at radius 2 is 1.80 bits per heavy atom. The highest BCUT2D eigenvalue weighted by Gasteiger charge is 1.99. The Morgan fingerprint density at radius 3 is 2.44 bits per heavy atom. The molecule has 0 spiro atoms. The van der Waals surface area contributed by atoms with Gasteiger partial charge in [-0.3, -0.25) is 9.79 Å². The molecule has 0 aromatic heterocycles. The molecule has 1 aromatic carbocycles. The van der Waals surface area contributed by atoms with E-state index in [1.165, 1.54) is 12.5 Å². The van der Waals surface area contributed by atoms with Crippen molar-refractivity contribution < 1.29 is 14.3 Å². The van der Waals surface area contributed by atoms with Crippen LogP contribution in [-0.4, -0.2) is 58.9 Å². The van der Waals surface area contributed by atoms with Crippen molar-refractivity contribution in [3.8, 4) is 0 Å². The topological polar surface area (TPSA) is 84.0 Å². The molecule has 140 valence electrons. The molecule has 0 fully saturated rings. The summed E-state index contributed by atoms with van der Waals surface area (Å²) in [6.07, 6.45) is 1.79. The van der Waals surface area contributed by atoms with E-state index in [-0.39, 0.29) is 5.91 Å². The first-order valence-corrected chi connectivity index (χ1v) is 8.53. The van der Waals surface area contributed by atoms with Crippen molar-refractivity contribution in [3.63, 3.8) is 0 Å². The number of carbonyl (C=O) groups excluding carboxylic acids is 1. The summed E-state index contributed by atoms with van der Waals surface area (Å²) in [7, 11) is 3.42. The zero-order valence-electron chi connectivity index (χ0n) is 15.4. The largest absolute Gasteiger partial charge is 0.382 e. The number of hydrogen-bond acceptors (Lipinski definition) is 4. The molecule has 25 heavy (non-hydrogen) atoms. The summed E-state index contributed by atoms with van der Waals surface area (Å²) in [5.41, 5.74) is 2.01. The molecule has 0 saturated heterocycles. The average molecular weight is 350 g/mol. The quantitative estimate of drug-likeness (QED) is 0.319. The SMILES string of the molecule is CN=C(NCCCOCCOC)NCCc1ccc(NC(C)=O)cc1. The molecule has 7 nitrogen and oxygen atoms in total. The van der Waals surface area contributed by atoms with Crippen LogP contribution in [0.3, 0.4) is 0 Å². The third kappa shape index (κ3) is 10.4. The van der Waals surface area contributed by atoms with E-state index in [9.17, 15) is 4.79 Å². The highest BCUT2D eigenvalue weighted by Crippen LogP contribution is 2.09. The van der Waals surface area contributed by atoms with Crippen LogP contribution in [0.2, 0.25) is 0 Å². The van der Waals surface area contributed by atoms with Gasteiger partial charge in [0.2, 0.25) is 5.91 Å². The van der Waals surface area contributed by atoms with Crippen molar-refractivity contribution in [3.05, 3.63) is 29.8 Å². The molecule has 0 atom stereocenters.